The Hall–Kier alpha value is -3.47. The first kappa shape index (κ1) is 26.6. The van der Waals surface area contributed by atoms with Crippen LogP contribution in [0.15, 0.2) is 72.8 Å². The number of rotatable bonds is 9. The summed E-state index contributed by atoms with van der Waals surface area (Å²) in [6, 6.07) is 21.6. The Morgan fingerprint density at radius 1 is 0.892 bits per heavy atom. The summed E-state index contributed by atoms with van der Waals surface area (Å²) in [6.45, 7) is 4.10. The first-order chi connectivity index (χ1) is 17.9. The molecule has 0 radical (unpaired) electrons. The van der Waals surface area contributed by atoms with E-state index in [1.807, 2.05) is 62.4 Å². The van der Waals surface area contributed by atoms with E-state index in [9.17, 15) is 14.0 Å². The molecule has 0 unspecified atom stereocenters. The molecular formula is C32H37FN2O2. The summed E-state index contributed by atoms with van der Waals surface area (Å²) in [7, 11) is 0. The Morgan fingerprint density at radius 3 is 2.30 bits per heavy atom. The SMILES string of the molecule is Cc1ccc(CC(=O)N(Cc2ccccc2F)[C@H](Cc2ccccc2)C(=O)NC2CCCCC2)cc1C. The van der Waals surface area contributed by atoms with Crippen LogP contribution in [0.3, 0.4) is 0 Å². The van der Waals surface area contributed by atoms with E-state index >= 15 is 0 Å². The number of amides is 2. The Morgan fingerprint density at radius 2 is 1.59 bits per heavy atom. The molecule has 1 fully saturated rings. The molecule has 1 aliphatic carbocycles. The summed E-state index contributed by atoms with van der Waals surface area (Å²) < 4.78 is 14.8. The van der Waals surface area contributed by atoms with Crippen molar-refractivity contribution in [3.8, 4) is 0 Å². The van der Waals surface area contributed by atoms with Gasteiger partial charge in [0.1, 0.15) is 11.9 Å². The van der Waals surface area contributed by atoms with Crippen molar-refractivity contribution >= 4 is 11.8 Å². The Bertz CT molecular complexity index is 1200. The van der Waals surface area contributed by atoms with Gasteiger partial charge >= 0.3 is 0 Å². The zero-order valence-corrected chi connectivity index (χ0v) is 21.9. The summed E-state index contributed by atoms with van der Waals surface area (Å²) in [5.41, 5.74) is 4.52. The quantitative estimate of drug-likeness (QED) is 0.387. The number of carbonyl (C=O) groups excluding carboxylic acids is 2. The third kappa shape index (κ3) is 7.28. The fourth-order valence-electron chi connectivity index (χ4n) is 5.10. The fraction of sp³-hybridized carbons (Fsp3) is 0.375. The maximum absolute atomic E-state index is 14.8. The Kier molecular flexibility index (Phi) is 9.10. The second-order valence-electron chi connectivity index (χ2n) is 10.3. The largest absolute Gasteiger partial charge is 0.352 e. The molecule has 1 atom stereocenters. The van der Waals surface area contributed by atoms with Crippen molar-refractivity contribution in [1.29, 1.82) is 0 Å². The molecule has 0 saturated heterocycles. The van der Waals surface area contributed by atoms with Gasteiger partial charge < -0.3 is 10.2 Å². The van der Waals surface area contributed by atoms with Gasteiger partial charge in [0.25, 0.3) is 0 Å². The predicted molar refractivity (Wildman–Crippen MR) is 146 cm³/mol. The normalized spacial score (nSPS) is 14.7. The topological polar surface area (TPSA) is 49.4 Å². The molecule has 3 aromatic carbocycles. The van der Waals surface area contributed by atoms with Gasteiger partial charge in [0.15, 0.2) is 0 Å². The smallest absolute Gasteiger partial charge is 0.243 e. The van der Waals surface area contributed by atoms with Crippen molar-refractivity contribution in [2.24, 2.45) is 0 Å². The van der Waals surface area contributed by atoms with Crippen LogP contribution < -0.4 is 5.32 Å². The number of carbonyl (C=O) groups is 2. The highest BCUT2D eigenvalue weighted by Crippen LogP contribution is 2.21. The van der Waals surface area contributed by atoms with Gasteiger partial charge in [-0.1, -0.05) is 86.0 Å². The molecule has 0 heterocycles. The summed E-state index contributed by atoms with van der Waals surface area (Å²) in [6.07, 6.45) is 5.80. The Labute approximate surface area is 219 Å². The number of halogens is 1. The van der Waals surface area contributed by atoms with Crippen LogP contribution in [0.1, 0.15) is 59.9 Å². The standard InChI is InChI=1S/C32H37FN2O2/c1-23-17-18-26(19-24(23)2)21-31(36)35(22-27-13-9-10-16-29(27)33)30(20-25-11-5-3-6-12-25)32(37)34-28-14-7-4-8-15-28/h3,5-6,9-13,16-19,28,30H,4,7-8,14-15,20-22H2,1-2H3,(H,34,37)/t30-/m1/s1. The van der Waals surface area contributed by atoms with Crippen molar-refractivity contribution in [3.63, 3.8) is 0 Å². The van der Waals surface area contributed by atoms with Crippen LogP contribution in [0, 0.1) is 19.7 Å². The number of aryl methyl sites for hydroxylation is 2. The van der Waals surface area contributed by atoms with Crippen molar-refractivity contribution in [2.45, 2.75) is 77.4 Å². The lowest BCUT2D eigenvalue weighted by Crippen LogP contribution is -2.53. The first-order valence-electron chi connectivity index (χ1n) is 13.3. The van der Waals surface area contributed by atoms with E-state index < -0.39 is 6.04 Å². The van der Waals surface area contributed by atoms with Crippen LogP contribution >= 0.6 is 0 Å². The lowest BCUT2D eigenvalue weighted by molar-refractivity contribution is -0.141. The van der Waals surface area contributed by atoms with Crippen LogP contribution in [0.5, 0.6) is 0 Å². The molecule has 4 nitrogen and oxygen atoms in total. The molecule has 3 aromatic rings. The minimum absolute atomic E-state index is 0.0337. The number of nitrogens with zero attached hydrogens (tertiary/aromatic N) is 1. The zero-order valence-electron chi connectivity index (χ0n) is 21.9. The molecule has 4 rings (SSSR count). The van der Waals surface area contributed by atoms with Crippen molar-refractivity contribution in [1.82, 2.24) is 10.2 Å². The van der Waals surface area contributed by atoms with E-state index in [0.717, 1.165) is 47.9 Å². The van der Waals surface area contributed by atoms with Crippen LogP contribution in [0.4, 0.5) is 4.39 Å². The maximum Gasteiger partial charge on any atom is 0.243 e. The summed E-state index contributed by atoms with van der Waals surface area (Å²) in [5, 5.41) is 3.23. The molecule has 0 aromatic heterocycles. The van der Waals surface area contributed by atoms with Gasteiger partial charge in [-0.3, -0.25) is 9.59 Å². The van der Waals surface area contributed by atoms with Gasteiger partial charge in [0, 0.05) is 24.6 Å². The molecule has 194 valence electrons. The average Bonchev–Trinajstić information content (AvgIpc) is 2.90. The van der Waals surface area contributed by atoms with Gasteiger partial charge in [0.2, 0.25) is 11.8 Å². The third-order valence-corrected chi connectivity index (χ3v) is 7.45. The van der Waals surface area contributed by atoms with E-state index in [0.29, 0.717) is 12.0 Å². The molecule has 37 heavy (non-hydrogen) atoms. The molecule has 0 bridgehead atoms. The summed E-state index contributed by atoms with van der Waals surface area (Å²) in [4.78, 5) is 29.2. The van der Waals surface area contributed by atoms with Gasteiger partial charge in [-0.15, -0.1) is 0 Å². The molecule has 1 N–H and O–H groups in total. The Balaban J connectivity index is 1.67. The predicted octanol–water partition coefficient (Wildman–Crippen LogP) is 6.07. The van der Waals surface area contributed by atoms with Gasteiger partial charge in [-0.2, -0.15) is 0 Å². The van der Waals surface area contributed by atoms with Crippen LogP contribution in [0.2, 0.25) is 0 Å². The second-order valence-corrected chi connectivity index (χ2v) is 10.3. The molecular weight excluding hydrogens is 463 g/mol. The number of hydrogen-bond acceptors (Lipinski definition) is 2. The first-order valence-corrected chi connectivity index (χ1v) is 13.3. The number of nitrogens with one attached hydrogen (secondary N) is 1. The zero-order chi connectivity index (χ0) is 26.2. The van der Waals surface area contributed by atoms with E-state index in [-0.39, 0.29) is 36.6 Å². The highest BCUT2D eigenvalue weighted by molar-refractivity contribution is 5.89. The van der Waals surface area contributed by atoms with Crippen LogP contribution in [0.25, 0.3) is 0 Å². The fourth-order valence-corrected chi connectivity index (χ4v) is 5.10. The van der Waals surface area contributed by atoms with E-state index in [1.54, 1.807) is 23.1 Å². The van der Waals surface area contributed by atoms with E-state index in [4.69, 9.17) is 0 Å². The lowest BCUT2D eigenvalue weighted by atomic mass is 9.94. The number of hydrogen-bond donors (Lipinski definition) is 1. The summed E-state index contributed by atoms with van der Waals surface area (Å²) >= 11 is 0. The second kappa shape index (κ2) is 12.7. The molecule has 1 saturated carbocycles. The van der Waals surface area contributed by atoms with Crippen LogP contribution in [-0.2, 0) is 29.0 Å². The average molecular weight is 501 g/mol. The molecule has 0 spiro atoms. The molecule has 1 aliphatic rings. The van der Waals surface area contributed by atoms with Crippen LogP contribution in [-0.4, -0.2) is 28.8 Å². The van der Waals surface area contributed by atoms with Gasteiger partial charge in [-0.25, -0.2) is 4.39 Å². The van der Waals surface area contributed by atoms with Crippen molar-refractivity contribution in [2.75, 3.05) is 0 Å². The highest BCUT2D eigenvalue weighted by atomic mass is 19.1. The van der Waals surface area contributed by atoms with Gasteiger partial charge in [-0.05, 0) is 55.0 Å². The van der Waals surface area contributed by atoms with E-state index in [1.165, 1.54) is 12.5 Å². The van der Waals surface area contributed by atoms with E-state index in [2.05, 4.69) is 5.32 Å². The minimum Gasteiger partial charge on any atom is -0.352 e. The number of benzene rings is 3. The van der Waals surface area contributed by atoms with Crippen molar-refractivity contribution in [3.05, 3.63) is 106 Å². The monoisotopic (exact) mass is 500 g/mol. The highest BCUT2D eigenvalue weighted by Gasteiger charge is 2.32. The minimum atomic E-state index is -0.747. The summed E-state index contributed by atoms with van der Waals surface area (Å²) in [5.74, 6) is -0.732. The molecule has 0 aliphatic heterocycles. The lowest BCUT2D eigenvalue weighted by Gasteiger charge is -2.33. The maximum atomic E-state index is 14.8. The van der Waals surface area contributed by atoms with Crippen molar-refractivity contribution < 1.29 is 14.0 Å². The van der Waals surface area contributed by atoms with Gasteiger partial charge in [0.05, 0.1) is 6.42 Å². The molecule has 5 heteroatoms. The molecule has 2 amide bonds. The third-order valence-electron chi connectivity index (χ3n) is 7.45.